The van der Waals surface area contributed by atoms with Crippen LogP contribution >= 0.6 is 0 Å². The maximum absolute atomic E-state index is 12.2. The summed E-state index contributed by atoms with van der Waals surface area (Å²) in [6.07, 6.45) is 0. The average molecular weight is 411 g/mol. The van der Waals surface area contributed by atoms with Gasteiger partial charge in [-0.2, -0.15) is 0 Å². The first kappa shape index (κ1) is 22.8. The Morgan fingerprint density at radius 1 is 0.867 bits per heavy atom. The lowest BCUT2D eigenvalue weighted by Gasteiger charge is -2.19. The SMILES string of the molecule is CC(=O)Oc1ccc(C(=O)COC(=O)CNC(=O)c2ccc(C(C)(C)C)cc2)cc1. The van der Waals surface area contributed by atoms with E-state index in [4.69, 9.17) is 9.47 Å². The fourth-order valence-corrected chi connectivity index (χ4v) is 2.53. The van der Waals surface area contributed by atoms with E-state index in [0.29, 0.717) is 16.9 Å². The fraction of sp³-hybridized carbons (Fsp3) is 0.304. The summed E-state index contributed by atoms with van der Waals surface area (Å²) < 4.78 is 9.80. The van der Waals surface area contributed by atoms with Crippen LogP contribution in [-0.2, 0) is 19.7 Å². The minimum Gasteiger partial charge on any atom is -0.456 e. The molecule has 1 N–H and O–H groups in total. The molecule has 0 radical (unpaired) electrons. The lowest BCUT2D eigenvalue weighted by atomic mass is 9.87. The van der Waals surface area contributed by atoms with Crippen molar-refractivity contribution in [2.75, 3.05) is 13.2 Å². The second kappa shape index (κ2) is 9.82. The van der Waals surface area contributed by atoms with E-state index in [1.54, 1.807) is 12.1 Å². The summed E-state index contributed by atoms with van der Waals surface area (Å²) in [4.78, 5) is 47.0. The normalized spacial score (nSPS) is 10.8. The van der Waals surface area contributed by atoms with Crippen LogP contribution in [0.3, 0.4) is 0 Å². The molecule has 30 heavy (non-hydrogen) atoms. The summed E-state index contributed by atoms with van der Waals surface area (Å²) in [6, 6.07) is 13.0. The monoisotopic (exact) mass is 411 g/mol. The van der Waals surface area contributed by atoms with Crippen molar-refractivity contribution >= 4 is 23.6 Å². The number of nitrogens with one attached hydrogen (secondary N) is 1. The number of amides is 1. The van der Waals surface area contributed by atoms with Crippen molar-refractivity contribution in [1.82, 2.24) is 5.32 Å². The molecule has 0 aliphatic rings. The number of Topliss-reactive ketones (excluding diaryl/α,β-unsaturated/α-hetero) is 1. The quantitative estimate of drug-likeness (QED) is 0.427. The van der Waals surface area contributed by atoms with Crippen LogP contribution in [0.15, 0.2) is 48.5 Å². The van der Waals surface area contributed by atoms with E-state index in [9.17, 15) is 19.2 Å². The third kappa shape index (κ3) is 6.84. The van der Waals surface area contributed by atoms with Gasteiger partial charge in [-0.3, -0.25) is 19.2 Å². The van der Waals surface area contributed by atoms with E-state index in [1.165, 1.54) is 31.2 Å². The van der Waals surface area contributed by atoms with Crippen LogP contribution < -0.4 is 10.1 Å². The molecule has 0 unspecified atom stereocenters. The third-order valence-corrected chi connectivity index (χ3v) is 4.21. The average Bonchev–Trinajstić information content (AvgIpc) is 2.69. The van der Waals surface area contributed by atoms with Crippen LogP contribution in [0.25, 0.3) is 0 Å². The van der Waals surface area contributed by atoms with Gasteiger partial charge in [0.2, 0.25) is 0 Å². The predicted molar refractivity (Wildman–Crippen MR) is 111 cm³/mol. The molecule has 0 spiro atoms. The Hall–Kier alpha value is -3.48. The van der Waals surface area contributed by atoms with Gasteiger partial charge < -0.3 is 14.8 Å². The molecule has 7 nitrogen and oxygen atoms in total. The Labute approximate surface area is 175 Å². The van der Waals surface area contributed by atoms with Gasteiger partial charge in [-0.05, 0) is 47.4 Å². The highest BCUT2D eigenvalue weighted by molar-refractivity contribution is 5.99. The van der Waals surface area contributed by atoms with Gasteiger partial charge in [0.1, 0.15) is 12.3 Å². The van der Waals surface area contributed by atoms with Crippen molar-refractivity contribution in [3.8, 4) is 5.75 Å². The van der Waals surface area contributed by atoms with Crippen molar-refractivity contribution in [3.63, 3.8) is 0 Å². The van der Waals surface area contributed by atoms with Crippen LogP contribution in [0.2, 0.25) is 0 Å². The number of esters is 2. The van der Waals surface area contributed by atoms with Gasteiger partial charge in [-0.15, -0.1) is 0 Å². The zero-order valence-electron chi connectivity index (χ0n) is 17.5. The minimum atomic E-state index is -0.723. The molecule has 2 aromatic carbocycles. The number of carbonyl (C=O) groups is 4. The second-order valence-electron chi connectivity index (χ2n) is 7.71. The first-order chi connectivity index (χ1) is 14.1. The van der Waals surface area contributed by atoms with Crippen LogP contribution in [0, 0.1) is 0 Å². The molecule has 0 heterocycles. The first-order valence-electron chi connectivity index (χ1n) is 9.42. The largest absolute Gasteiger partial charge is 0.456 e. The number of ketones is 1. The number of carbonyl (C=O) groups excluding carboxylic acids is 4. The third-order valence-electron chi connectivity index (χ3n) is 4.21. The molecule has 0 atom stereocenters. The first-order valence-corrected chi connectivity index (χ1v) is 9.42. The van der Waals surface area contributed by atoms with Gasteiger partial charge in [-0.1, -0.05) is 32.9 Å². The molecule has 2 rings (SSSR count). The highest BCUT2D eigenvalue weighted by Gasteiger charge is 2.15. The Balaban J connectivity index is 1.79. The molecule has 0 aromatic heterocycles. The van der Waals surface area contributed by atoms with E-state index < -0.39 is 30.2 Å². The summed E-state index contributed by atoms with van der Waals surface area (Å²) in [5.74, 6) is -1.69. The summed E-state index contributed by atoms with van der Waals surface area (Å²) in [5, 5.41) is 2.47. The summed E-state index contributed by atoms with van der Waals surface area (Å²) in [5.41, 5.74) is 1.81. The molecule has 0 saturated carbocycles. The topological polar surface area (TPSA) is 98.8 Å². The highest BCUT2D eigenvalue weighted by Crippen LogP contribution is 2.22. The van der Waals surface area contributed by atoms with Gasteiger partial charge in [0.05, 0.1) is 0 Å². The van der Waals surface area contributed by atoms with Crippen molar-refractivity contribution in [2.24, 2.45) is 0 Å². The summed E-state index contributed by atoms with van der Waals surface area (Å²) in [7, 11) is 0. The number of benzene rings is 2. The second-order valence-corrected chi connectivity index (χ2v) is 7.71. The molecule has 0 saturated heterocycles. The fourth-order valence-electron chi connectivity index (χ4n) is 2.53. The number of hydrogen-bond acceptors (Lipinski definition) is 6. The van der Waals surface area contributed by atoms with Gasteiger partial charge in [0.15, 0.2) is 12.4 Å². The molecule has 0 aliphatic heterocycles. The number of hydrogen-bond donors (Lipinski definition) is 1. The van der Waals surface area contributed by atoms with Crippen molar-refractivity contribution in [3.05, 3.63) is 65.2 Å². The van der Waals surface area contributed by atoms with Gasteiger partial charge >= 0.3 is 11.9 Å². The van der Waals surface area contributed by atoms with Crippen LogP contribution in [0.1, 0.15) is 54.0 Å². The smallest absolute Gasteiger partial charge is 0.325 e. The standard InChI is InChI=1S/C23H25NO6/c1-15(25)30-19-11-7-16(8-12-19)20(26)14-29-21(27)13-24-22(28)17-5-9-18(10-6-17)23(2,3)4/h5-12H,13-14H2,1-4H3,(H,24,28). The molecule has 0 fully saturated rings. The van der Waals surface area contributed by atoms with E-state index in [0.717, 1.165) is 5.56 Å². The Bertz CT molecular complexity index is 924. The van der Waals surface area contributed by atoms with Gasteiger partial charge in [0.25, 0.3) is 5.91 Å². The lowest BCUT2D eigenvalue weighted by molar-refractivity contribution is -0.141. The van der Waals surface area contributed by atoms with E-state index >= 15 is 0 Å². The number of ether oxygens (including phenoxy) is 2. The van der Waals surface area contributed by atoms with Crippen LogP contribution in [0.5, 0.6) is 5.75 Å². The van der Waals surface area contributed by atoms with E-state index in [1.807, 2.05) is 12.1 Å². The zero-order valence-corrected chi connectivity index (χ0v) is 17.5. The zero-order chi connectivity index (χ0) is 22.3. The van der Waals surface area contributed by atoms with Crippen LogP contribution in [-0.4, -0.2) is 36.8 Å². The van der Waals surface area contributed by atoms with Crippen molar-refractivity contribution in [2.45, 2.75) is 33.1 Å². The van der Waals surface area contributed by atoms with Crippen molar-refractivity contribution in [1.29, 1.82) is 0 Å². The maximum Gasteiger partial charge on any atom is 0.325 e. The minimum absolute atomic E-state index is 0.0217. The van der Waals surface area contributed by atoms with Crippen LogP contribution in [0.4, 0.5) is 0 Å². The van der Waals surface area contributed by atoms with E-state index in [-0.39, 0.29) is 12.0 Å². The Morgan fingerprint density at radius 3 is 1.97 bits per heavy atom. The maximum atomic E-state index is 12.2. The molecule has 0 bridgehead atoms. The Kier molecular flexibility index (Phi) is 7.47. The summed E-state index contributed by atoms with van der Waals surface area (Å²) in [6.45, 7) is 6.70. The molecular formula is C23H25NO6. The van der Waals surface area contributed by atoms with Crippen molar-refractivity contribution < 1.29 is 28.7 Å². The lowest BCUT2D eigenvalue weighted by Crippen LogP contribution is -2.31. The predicted octanol–water partition coefficient (Wildman–Crippen LogP) is 3.07. The Morgan fingerprint density at radius 2 is 1.43 bits per heavy atom. The van der Waals surface area contributed by atoms with Gasteiger partial charge in [-0.25, -0.2) is 0 Å². The van der Waals surface area contributed by atoms with E-state index in [2.05, 4.69) is 26.1 Å². The number of rotatable bonds is 7. The summed E-state index contributed by atoms with van der Waals surface area (Å²) >= 11 is 0. The molecule has 7 heteroatoms. The van der Waals surface area contributed by atoms with Gasteiger partial charge in [0, 0.05) is 18.1 Å². The molecule has 0 aliphatic carbocycles. The molecule has 1 amide bonds. The molecule has 158 valence electrons. The molecule has 2 aromatic rings. The highest BCUT2D eigenvalue weighted by atomic mass is 16.5. The molecular weight excluding hydrogens is 386 g/mol.